The van der Waals surface area contributed by atoms with E-state index in [0.717, 1.165) is 6.29 Å². The molecule has 2 heteroatoms. The highest BCUT2D eigenvalue weighted by Crippen LogP contribution is 2.19. The fourth-order valence-corrected chi connectivity index (χ4v) is 1.40. The smallest absolute Gasteiger partial charge is 0.150 e. The van der Waals surface area contributed by atoms with Crippen LogP contribution in [0.25, 0.3) is 10.8 Å². The normalized spacial score (nSPS) is 10.2. The Bertz CT molecular complexity index is 463. The van der Waals surface area contributed by atoms with Gasteiger partial charge >= 0.3 is 0 Å². The summed E-state index contributed by atoms with van der Waals surface area (Å²) in [5, 5.41) is 1.16. The Labute approximate surface area is 74.8 Å². The van der Waals surface area contributed by atoms with E-state index in [1.165, 1.54) is 6.07 Å². The second-order valence-electron chi connectivity index (χ2n) is 2.80. The van der Waals surface area contributed by atoms with Crippen LogP contribution in [0.4, 0.5) is 4.39 Å². The molecule has 0 saturated carbocycles. The van der Waals surface area contributed by atoms with Gasteiger partial charge in [0, 0.05) is 10.9 Å². The molecule has 64 valence electrons. The van der Waals surface area contributed by atoms with Crippen molar-refractivity contribution in [3.05, 3.63) is 47.8 Å². The summed E-state index contributed by atoms with van der Waals surface area (Å²) in [4.78, 5) is 10.6. The van der Waals surface area contributed by atoms with Crippen LogP contribution in [0.1, 0.15) is 10.4 Å². The van der Waals surface area contributed by atoms with Crippen LogP contribution < -0.4 is 0 Å². The number of carbonyl (C=O) groups excluding carboxylic acids is 1. The van der Waals surface area contributed by atoms with Crippen molar-refractivity contribution in [2.75, 3.05) is 0 Å². The number of aldehydes is 1. The molecule has 0 unspecified atom stereocenters. The Morgan fingerprint density at radius 2 is 1.69 bits per heavy atom. The van der Waals surface area contributed by atoms with Crippen LogP contribution in [0.5, 0.6) is 0 Å². The number of benzene rings is 2. The first-order valence-corrected chi connectivity index (χ1v) is 3.95. The minimum absolute atomic E-state index is 0.291. The van der Waals surface area contributed by atoms with E-state index in [4.69, 9.17) is 0 Å². The van der Waals surface area contributed by atoms with Crippen LogP contribution in [0.2, 0.25) is 0 Å². The number of halogens is 1. The second kappa shape index (κ2) is 2.98. The molecular weight excluding hydrogens is 166 g/mol. The SMILES string of the molecule is O=Cc1cccc2c([18F])cccc12. The van der Waals surface area contributed by atoms with Gasteiger partial charge in [-0.2, -0.15) is 0 Å². The third-order valence-electron chi connectivity index (χ3n) is 2.03. The summed E-state index contributed by atoms with van der Waals surface area (Å²) in [5.41, 5.74) is 0.525. The van der Waals surface area contributed by atoms with Gasteiger partial charge in [0.15, 0.2) is 6.29 Å². The minimum Gasteiger partial charge on any atom is -0.298 e. The van der Waals surface area contributed by atoms with E-state index in [0.29, 0.717) is 16.3 Å². The maximum absolute atomic E-state index is 13.2. The molecule has 0 aliphatic rings. The quantitative estimate of drug-likeness (QED) is 0.606. The molecule has 0 spiro atoms. The van der Waals surface area contributed by atoms with Gasteiger partial charge in [0.2, 0.25) is 0 Å². The molecule has 0 bridgehead atoms. The van der Waals surface area contributed by atoms with Gasteiger partial charge < -0.3 is 0 Å². The van der Waals surface area contributed by atoms with Crippen molar-refractivity contribution >= 4 is 17.1 Å². The standard InChI is InChI=1S/C11H7FO/c12-11-6-2-4-9-8(7-13)3-1-5-10(9)11/h1-7H/i12-1. The summed E-state index contributed by atoms with van der Waals surface area (Å²) in [7, 11) is 0. The molecule has 0 N–H and O–H groups in total. The largest absolute Gasteiger partial charge is 0.298 e. The van der Waals surface area contributed by atoms with E-state index in [-0.39, 0.29) is 5.82 Å². The molecule has 2 aromatic carbocycles. The Hall–Kier alpha value is -1.70. The zero-order valence-corrected chi connectivity index (χ0v) is 6.83. The molecular formula is C11H7FO. The van der Waals surface area contributed by atoms with Gasteiger partial charge in [0.1, 0.15) is 5.82 Å². The van der Waals surface area contributed by atoms with Crippen LogP contribution in [-0.4, -0.2) is 6.29 Å². The number of hydrogen-bond donors (Lipinski definition) is 0. The highest BCUT2D eigenvalue weighted by Gasteiger charge is 2.02. The first-order chi connectivity index (χ1) is 6.33. The fraction of sp³-hybridized carbons (Fsp3) is 0. The van der Waals surface area contributed by atoms with Gasteiger partial charge in [-0.05, 0) is 11.5 Å². The monoisotopic (exact) mass is 173 g/mol. The van der Waals surface area contributed by atoms with Crippen LogP contribution in [-0.2, 0) is 0 Å². The molecule has 2 aromatic rings. The molecule has 0 radical (unpaired) electrons. The summed E-state index contributed by atoms with van der Waals surface area (Å²) in [6.45, 7) is 0. The Balaban J connectivity index is 2.92. The molecule has 0 aliphatic heterocycles. The molecule has 0 aromatic heterocycles. The molecule has 0 saturated heterocycles. The Kier molecular flexibility index (Phi) is 1.81. The summed E-state index contributed by atoms with van der Waals surface area (Å²) in [5.74, 6) is -0.291. The number of carbonyl (C=O) groups is 1. The minimum atomic E-state index is -0.291. The van der Waals surface area contributed by atoms with E-state index in [2.05, 4.69) is 0 Å². The number of hydrogen-bond acceptors (Lipinski definition) is 1. The predicted octanol–water partition coefficient (Wildman–Crippen LogP) is 2.79. The average Bonchev–Trinajstić information content (AvgIpc) is 2.18. The number of rotatable bonds is 1. The summed E-state index contributed by atoms with van der Waals surface area (Å²) in [6, 6.07) is 9.74. The van der Waals surface area contributed by atoms with Crippen molar-refractivity contribution in [3.8, 4) is 0 Å². The van der Waals surface area contributed by atoms with Crippen LogP contribution in [0.15, 0.2) is 36.4 Å². The lowest BCUT2D eigenvalue weighted by Gasteiger charge is -2.00. The molecule has 0 heterocycles. The van der Waals surface area contributed by atoms with E-state index >= 15 is 0 Å². The molecule has 13 heavy (non-hydrogen) atoms. The van der Waals surface area contributed by atoms with E-state index in [1.807, 2.05) is 0 Å². The van der Waals surface area contributed by atoms with E-state index in [9.17, 15) is 9.18 Å². The van der Waals surface area contributed by atoms with Gasteiger partial charge in [0.05, 0.1) is 0 Å². The van der Waals surface area contributed by atoms with Gasteiger partial charge in [0.25, 0.3) is 0 Å². The summed E-state index contributed by atoms with van der Waals surface area (Å²) in [6.07, 6.45) is 0.738. The molecule has 1 nitrogen and oxygen atoms in total. The maximum atomic E-state index is 13.2. The van der Waals surface area contributed by atoms with Gasteiger partial charge in [-0.1, -0.05) is 30.3 Å². The zero-order chi connectivity index (χ0) is 9.26. The lowest BCUT2D eigenvalue weighted by Crippen LogP contribution is -1.85. The predicted molar refractivity (Wildman–Crippen MR) is 49.3 cm³/mol. The van der Waals surface area contributed by atoms with E-state index < -0.39 is 0 Å². The van der Waals surface area contributed by atoms with Crippen LogP contribution in [0.3, 0.4) is 0 Å². The third-order valence-corrected chi connectivity index (χ3v) is 2.03. The van der Waals surface area contributed by atoms with Crippen molar-refractivity contribution in [1.82, 2.24) is 0 Å². The average molecular weight is 173 g/mol. The van der Waals surface area contributed by atoms with Gasteiger partial charge in [-0.15, -0.1) is 0 Å². The highest BCUT2D eigenvalue weighted by atomic mass is 18.2. The van der Waals surface area contributed by atoms with Crippen molar-refractivity contribution in [2.45, 2.75) is 0 Å². The zero-order valence-electron chi connectivity index (χ0n) is 6.83. The molecule has 2 rings (SSSR count). The molecule has 0 fully saturated rings. The van der Waals surface area contributed by atoms with Crippen LogP contribution in [0, 0.1) is 5.82 Å². The topological polar surface area (TPSA) is 17.1 Å². The Morgan fingerprint density at radius 3 is 2.46 bits per heavy atom. The second-order valence-corrected chi connectivity index (χ2v) is 2.80. The van der Waals surface area contributed by atoms with Crippen molar-refractivity contribution in [1.29, 1.82) is 0 Å². The number of fused-ring (bicyclic) bond motifs is 1. The fourth-order valence-electron chi connectivity index (χ4n) is 1.40. The van der Waals surface area contributed by atoms with E-state index in [1.54, 1.807) is 30.3 Å². The highest BCUT2D eigenvalue weighted by molar-refractivity contribution is 5.98. The lowest BCUT2D eigenvalue weighted by atomic mass is 10.1. The van der Waals surface area contributed by atoms with Crippen molar-refractivity contribution in [2.24, 2.45) is 0 Å². The van der Waals surface area contributed by atoms with Crippen molar-refractivity contribution < 1.29 is 9.18 Å². The third kappa shape index (κ3) is 1.20. The summed E-state index contributed by atoms with van der Waals surface area (Å²) >= 11 is 0. The summed E-state index contributed by atoms with van der Waals surface area (Å²) < 4.78 is 13.2. The first-order valence-electron chi connectivity index (χ1n) is 3.95. The maximum Gasteiger partial charge on any atom is 0.150 e. The molecule has 0 aliphatic carbocycles. The Morgan fingerprint density at radius 1 is 1.00 bits per heavy atom. The van der Waals surface area contributed by atoms with Crippen LogP contribution >= 0.6 is 0 Å². The molecule has 0 atom stereocenters. The van der Waals surface area contributed by atoms with Gasteiger partial charge in [-0.3, -0.25) is 4.79 Å². The van der Waals surface area contributed by atoms with Gasteiger partial charge in [-0.25, -0.2) is 4.39 Å². The molecule has 0 amide bonds. The van der Waals surface area contributed by atoms with Crippen molar-refractivity contribution in [3.63, 3.8) is 0 Å². The first kappa shape index (κ1) is 7.92. The lowest BCUT2D eigenvalue weighted by molar-refractivity contribution is 0.112.